The van der Waals surface area contributed by atoms with E-state index in [-0.39, 0.29) is 11.7 Å². The molecule has 1 fully saturated rings. The third kappa shape index (κ3) is 2.18. The number of hydrogen-bond acceptors (Lipinski definition) is 1. The van der Waals surface area contributed by atoms with E-state index in [1.54, 1.807) is 4.90 Å². The first kappa shape index (κ1) is 12.1. The molecule has 3 rings (SSSR count). The van der Waals surface area contributed by atoms with E-state index in [9.17, 15) is 13.2 Å². The zero-order valence-corrected chi connectivity index (χ0v) is 10.3. The Balaban J connectivity index is 1.91. The average Bonchev–Trinajstić information content (AvgIpc) is 3.07. The summed E-state index contributed by atoms with van der Waals surface area (Å²) in [6.45, 7) is 2.51. The quantitative estimate of drug-likeness (QED) is 0.741. The van der Waals surface area contributed by atoms with Crippen molar-refractivity contribution in [2.45, 2.75) is 13.0 Å². The molecule has 1 saturated heterocycles. The minimum atomic E-state index is -0.896. The lowest BCUT2D eigenvalue weighted by Crippen LogP contribution is -2.02. The van der Waals surface area contributed by atoms with Crippen molar-refractivity contribution in [1.82, 2.24) is 0 Å². The number of benzene rings is 2. The van der Waals surface area contributed by atoms with Gasteiger partial charge in [-0.15, -0.1) is 0 Å². The summed E-state index contributed by atoms with van der Waals surface area (Å²) in [6.07, 6.45) is 0. The molecule has 1 nitrogen and oxygen atoms in total. The highest BCUT2D eigenvalue weighted by Crippen LogP contribution is 2.42. The first-order valence-corrected chi connectivity index (χ1v) is 6.04. The van der Waals surface area contributed by atoms with E-state index in [1.807, 2.05) is 31.2 Å². The summed E-state index contributed by atoms with van der Waals surface area (Å²) < 4.78 is 40.2. The Morgan fingerprint density at radius 3 is 2.37 bits per heavy atom. The molecule has 0 unspecified atom stereocenters. The van der Waals surface area contributed by atoms with Crippen molar-refractivity contribution in [3.8, 4) is 0 Å². The maximum absolute atomic E-state index is 13.6. The Hall–Kier alpha value is -1.97. The van der Waals surface area contributed by atoms with Crippen LogP contribution in [-0.2, 0) is 0 Å². The average molecular weight is 263 g/mol. The number of rotatable bonds is 2. The molecule has 98 valence electrons. The van der Waals surface area contributed by atoms with E-state index in [0.29, 0.717) is 18.7 Å². The second-order valence-electron chi connectivity index (χ2n) is 4.80. The van der Waals surface area contributed by atoms with Crippen LogP contribution in [0.1, 0.15) is 17.2 Å². The number of halogens is 3. The van der Waals surface area contributed by atoms with Crippen LogP contribution >= 0.6 is 0 Å². The van der Waals surface area contributed by atoms with Gasteiger partial charge in [-0.25, -0.2) is 13.2 Å². The van der Waals surface area contributed by atoms with Gasteiger partial charge in [-0.05, 0) is 12.5 Å². The van der Waals surface area contributed by atoms with E-state index in [0.717, 1.165) is 11.1 Å². The molecule has 4 heteroatoms. The fraction of sp³-hybridized carbons (Fsp3) is 0.200. The molecule has 0 spiro atoms. The molecule has 0 aromatic heterocycles. The zero-order valence-electron chi connectivity index (χ0n) is 10.3. The van der Waals surface area contributed by atoms with Gasteiger partial charge in [0.25, 0.3) is 0 Å². The molecule has 0 bridgehead atoms. The highest BCUT2D eigenvalue weighted by Gasteiger charge is 2.39. The van der Waals surface area contributed by atoms with E-state index in [4.69, 9.17) is 0 Å². The maximum atomic E-state index is 13.6. The zero-order chi connectivity index (χ0) is 13.6. The second-order valence-corrected chi connectivity index (χ2v) is 4.80. The van der Waals surface area contributed by atoms with Crippen molar-refractivity contribution in [3.05, 3.63) is 65.0 Å². The highest BCUT2D eigenvalue weighted by atomic mass is 19.1. The first-order chi connectivity index (χ1) is 9.06. The predicted octanol–water partition coefficient (Wildman–Crippen LogP) is 3.97. The number of hydrogen-bond donors (Lipinski definition) is 0. The van der Waals surface area contributed by atoms with Crippen LogP contribution in [-0.4, -0.2) is 6.54 Å². The summed E-state index contributed by atoms with van der Waals surface area (Å²) in [5.41, 5.74) is 1.97. The molecule has 0 amide bonds. The van der Waals surface area contributed by atoms with Crippen LogP contribution in [0, 0.1) is 24.4 Å². The Morgan fingerprint density at radius 1 is 1.05 bits per heavy atom. The minimum absolute atomic E-state index is 0.0330. The molecule has 19 heavy (non-hydrogen) atoms. The Kier molecular flexibility index (Phi) is 2.73. The van der Waals surface area contributed by atoms with Crippen LogP contribution in [0.4, 0.5) is 18.9 Å². The van der Waals surface area contributed by atoms with Crippen molar-refractivity contribution >= 4 is 5.69 Å². The smallest absolute Gasteiger partial charge is 0.152 e. The number of anilines is 1. The van der Waals surface area contributed by atoms with Crippen molar-refractivity contribution in [1.29, 1.82) is 0 Å². The highest BCUT2D eigenvalue weighted by molar-refractivity contribution is 5.58. The molecule has 2 aromatic carbocycles. The molecule has 2 aromatic rings. The largest absolute Gasteiger partial charge is 0.356 e. The van der Waals surface area contributed by atoms with E-state index in [1.165, 1.54) is 0 Å². The van der Waals surface area contributed by atoms with Gasteiger partial charge in [-0.2, -0.15) is 0 Å². The van der Waals surface area contributed by atoms with Gasteiger partial charge in [0.2, 0.25) is 0 Å². The number of aryl methyl sites for hydroxylation is 1. The molecule has 1 heterocycles. The summed E-state index contributed by atoms with van der Waals surface area (Å²) in [6, 6.07) is 9.19. The van der Waals surface area contributed by atoms with Crippen LogP contribution in [0.2, 0.25) is 0 Å². The third-order valence-electron chi connectivity index (χ3n) is 3.31. The van der Waals surface area contributed by atoms with Crippen LogP contribution in [0.15, 0.2) is 36.4 Å². The van der Waals surface area contributed by atoms with Gasteiger partial charge in [0.15, 0.2) is 11.6 Å². The summed E-state index contributed by atoms with van der Waals surface area (Å²) >= 11 is 0. The lowest BCUT2D eigenvalue weighted by molar-refractivity contribution is 0.545. The normalized spacial score (nSPS) is 17.7. The Labute approximate surface area is 109 Å². The fourth-order valence-electron chi connectivity index (χ4n) is 2.36. The van der Waals surface area contributed by atoms with Gasteiger partial charge in [0, 0.05) is 18.7 Å². The van der Waals surface area contributed by atoms with Gasteiger partial charge in [0.1, 0.15) is 11.5 Å². The Bertz CT molecular complexity index is 616. The van der Waals surface area contributed by atoms with Crippen molar-refractivity contribution in [2.75, 3.05) is 11.4 Å². The molecule has 0 aliphatic carbocycles. The van der Waals surface area contributed by atoms with E-state index >= 15 is 0 Å². The lowest BCUT2D eigenvalue weighted by Gasteiger charge is -2.09. The Morgan fingerprint density at radius 2 is 1.74 bits per heavy atom. The molecule has 1 atom stereocenters. The van der Waals surface area contributed by atoms with Crippen molar-refractivity contribution in [2.24, 2.45) is 0 Å². The van der Waals surface area contributed by atoms with Gasteiger partial charge in [-0.1, -0.05) is 29.8 Å². The summed E-state index contributed by atoms with van der Waals surface area (Å²) in [5, 5.41) is 0. The molecular formula is C15H12F3N. The summed E-state index contributed by atoms with van der Waals surface area (Å²) in [4.78, 5) is 1.60. The molecule has 1 aliphatic rings. The van der Waals surface area contributed by atoms with Gasteiger partial charge < -0.3 is 4.90 Å². The summed E-state index contributed by atoms with van der Waals surface area (Å²) in [5.74, 6) is -2.60. The second kappa shape index (κ2) is 4.30. The standard InChI is InChI=1S/C15H12F3N/c1-9-3-2-4-10(5-9)14-8-19(14)15-12(17)6-11(16)7-13(15)18/h2-7,14H,8H2,1H3/t14-,19?/m1/s1. The topological polar surface area (TPSA) is 3.01 Å². The molecule has 0 saturated carbocycles. The fourth-order valence-corrected chi connectivity index (χ4v) is 2.36. The van der Waals surface area contributed by atoms with E-state index in [2.05, 4.69) is 0 Å². The molecule has 0 radical (unpaired) electrons. The van der Waals surface area contributed by atoms with Crippen molar-refractivity contribution in [3.63, 3.8) is 0 Å². The SMILES string of the molecule is Cc1cccc([C@H]2CN2c2c(F)cc(F)cc2F)c1. The summed E-state index contributed by atoms with van der Waals surface area (Å²) in [7, 11) is 0. The third-order valence-corrected chi connectivity index (χ3v) is 3.31. The lowest BCUT2D eigenvalue weighted by atomic mass is 10.1. The predicted molar refractivity (Wildman–Crippen MR) is 67.6 cm³/mol. The van der Waals surface area contributed by atoms with Crippen molar-refractivity contribution < 1.29 is 13.2 Å². The first-order valence-electron chi connectivity index (χ1n) is 6.04. The van der Waals surface area contributed by atoms with Gasteiger partial charge >= 0.3 is 0 Å². The minimum Gasteiger partial charge on any atom is -0.356 e. The monoisotopic (exact) mass is 263 g/mol. The van der Waals surface area contributed by atoms with Crippen LogP contribution in [0.25, 0.3) is 0 Å². The number of nitrogens with zero attached hydrogens (tertiary/aromatic N) is 1. The van der Waals surface area contributed by atoms with Crippen LogP contribution < -0.4 is 4.90 Å². The van der Waals surface area contributed by atoms with E-state index < -0.39 is 17.5 Å². The molecule has 0 N–H and O–H groups in total. The molecular weight excluding hydrogens is 251 g/mol. The van der Waals surface area contributed by atoms with Crippen LogP contribution in [0.3, 0.4) is 0 Å². The van der Waals surface area contributed by atoms with Gasteiger partial charge in [-0.3, -0.25) is 0 Å². The maximum Gasteiger partial charge on any atom is 0.152 e. The van der Waals surface area contributed by atoms with Gasteiger partial charge in [0.05, 0.1) is 6.04 Å². The van der Waals surface area contributed by atoms with Crippen LogP contribution in [0.5, 0.6) is 0 Å². The molecule has 1 aliphatic heterocycles.